The number of hydrogen-bond donors (Lipinski definition) is 1. The SMILES string of the molecule is NCCN1CCN(C(=O)c2ccc(OC(F)F)cc2)CC1. The van der Waals surface area contributed by atoms with Crippen LogP contribution in [-0.2, 0) is 0 Å². The zero-order valence-electron chi connectivity index (χ0n) is 11.7. The largest absolute Gasteiger partial charge is 0.435 e. The van der Waals surface area contributed by atoms with E-state index in [1.807, 2.05) is 0 Å². The number of ether oxygens (including phenoxy) is 1. The van der Waals surface area contributed by atoms with E-state index < -0.39 is 6.61 Å². The van der Waals surface area contributed by atoms with Gasteiger partial charge in [-0.25, -0.2) is 0 Å². The fourth-order valence-electron chi connectivity index (χ4n) is 2.32. The highest BCUT2D eigenvalue weighted by atomic mass is 19.3. The van der Waals surface area contributed by atoms with Crippen molar-refractivity contribution in [3.8, 4) is 5.75 Å². The van der Waals surface area contributed by atoms with Gasteiger partial charge < -0.3 is 15.4 Å². The summed E-state index contributed by atoms with van der Waals surface area (Å²) in [5.74, 6) is -0.0414. The smallest absolute Gasteiger partial charge is 0.387 e. The van der Waals surface area contributed by atoms with E-state index >= 15 is 0 Å². The molecule has 1 amide bonds. The normalized spacial score (nSPS) is 16.3. The Morgan fingerprint density at radius 3 is 2.33 bits per heavy atom. The summed E-state index contributed by atoms with van der Waals surface area (Å²) in [6.45, 7) is 1.48. The minimum Gasteiger partial charge on any atom is -0.435 e. The van der Waals surface area contributed by atoms with Crippen molar-refractivity contribution in [1.29, 1.82) is 0 Å². The second-order valence-electron chi connectivity index (χ2n) is 4.83. The first-order valence-corrected chi connectivity index (χ1v) is 6.86. The zero-order chi connectivity index (χ0) is 15.2. The van der Waals surface area contributed by atoms with Crippen LogP contribution in [0.2, 0.25) is 0 Å². The number of benzene rings is 1. The fourth-order valence-corrected chi connectivity index (χ4v) is 2.32. The number of alkyl halides is 2. The molecular formula is C14H19F2N3O2. The summed E-state index contributed by atoms with van der Waals surface area (Å²) in [5.41, 5.74) is 5.98. The third-order valence-corrected chi connectivity index (χ3v) is 3.43. The fraction of sp³-hybridized carbons (Fsp3) is 0.500. The average Bonchev–Trinajstić information content (AvgIpc) is 2.48. The highest BCUT2D eigenvalue weighted by Crippen LogP contribution is 2.16. The lowest BCUT2D eigenvalue weighted by Gasteiger charge is -2.34. The van der Waals surface area contributed by atoms with Gasteiger partial charge in [0, 0.05) is 44.8 Å². The van der Waals surface area contributed by atoms with Crippen molar-refractivity contribution >= 4 is 5.91 Å². The molecule has 21 heavy (non-hydrogen) atoms. The van der Waals surface area contributed by atoms with Crippen molar-refractivity contribution in [2.75, 3.05) is 39.3 Å². The molecule has 0 atom stereocenters. The molecule has 2 N–H and O–H groups in total. The number of amides is 1. The number of halogens is 2. The van der Waals surface area contributed by atoms with Crippen LogP contribution in [0.15, 0.2) is 24.3 Å². The molecule has 116 valence electrons. The summed E-state index contributed by atoms with van der Waals surface area (Å²) in [4.78, 5) is 16.3. The number of piperazine rings is 1. The van der Waals surface area contributed by atoms with E-state index in [1.54, 1.807) is 4.90 Å². The van der Waals surface area contributed by atoms with E-state index in [0.29, 0.717) is 25.2 Å². The van der Waals surface area contributed by atoms with Crippen LogP contribution in [0.3, 0.4) is 0 Å². The van der Waals surface area contributed by atoms with Gasteiger partial charge in [-0.3, -0.25) is 9.69 Å². The zero-order valence-corrected chi connectivity index (χ0v) is 11.7. The van der Waals surface area contributed by atoms with Gasteiger partial charge in [-0.1, -0.05) is 0 Å². The number of nitrogens with two attached hydrogens (primary N) is 1. The minimum absolute atomic E-state index is 0.0503. The number of nitrogens with zero attached hydrogens (tertiary/aromatic N) is 2. The maximum absolute atomic E-state index is 12.3. The number of carbonyl (C=O) groups is 1. The van der Waals surface area contributed by atoms with Gasteiger partial charge in [0.25, 0.3) is 5.91 Å². The van der Waals surface area contributed by atoms with Crippen molar-refractivity contribution in [2.45, 2.75) is 6.61 Å². The summed E-state index contributed by atoms with van der Waals surface area (Å²) in [6, 6.07) is 5.77. The van der Waals surface area contributed by atoms with Crippen LogP contribution >= 0.6 is 0 Å². The summed E-state index contributed by atoms with van der Waals surface area (Å²) in [6.07, 6.45) is 0. The highest BCUT2D eigenvalue weighted by molar-refractivity contribution is 5.94. The molecule has 5 nitrogen and oxygen atoms in total. The highest BCUT2D eigenvalue weighted by Gasteiger charge is 2.21. The lowest BCUT2D eigenvalue weighted by molar-refractivity contribution is -0.0498. The first-order chi connectivity index (χ1) is 10.1. The number of rotatable bonds is 5. The molecule has 0 spiro atoms. The van der Waals surface area contributed by atoms with Gasteiger partial charge in [-0.2, -0.15) is 8.78 Å². The van der Waals surface area contributed by atoms with Gasteiger partial charge in [0.2, 0.25) is 0 Å². The first kappa shape index (κ1) is 15.7. The molecular weight excluding hydrogens is 280 g/mol. The molecule has 7 heteroatoms. The Bertz CT molecular complexity index is 460. The molecule has 0 aromatic heterocycles. The van der Waals surface area contributed by atoms with Crippen LogP contribution in [0.1, 0.15) is 10.4 Å². The van der Waals surface area contributed by atoms with Crippen LogP contribution in [-0.4, -0.2) is 61.6 Å². The summed E-state index contributed by atoms with van der Waals surface area (Å²) in [5, 5.41) is 0. The molecule has 0 radical (unpaired) electrons. The molecule has 0 aliphatic carbocycles. The van der Waals surface area contributed by atoms with Crippen molar-refractivity contribution in [1.82, 2.24) is 9.80 Å². The lowest BCUT2D eigenvalue weighted by atomic mass is 10.1. The van der Waals surface area contributed by atoms with E-state index in [2.05, 4.69) is 9.64 Å². The Labute approximate surface area is 122 Å². The van der Waals surface area contributed by atoms with E-state index in [-0.39, 0.29) is 11.7 Å². The van der Waals surface area contributed by atoms with E-state index in [0.717, 1.165) is 19.6 Å². The van der Waals surface area contributed by atoms with Gasteiger partial charge in [0.05, 0.1) is 0 Å². The van der Waals surface area contributed by atoms with E-state index in [1.165, 1.54) is 24.3 Å². The van der Waals surface area contributed by atoms with Crippen LogP contribution in [0, 0.1) is 0 Å². The molecule has 1 aromatic carbocycles. The predicted octanol–water partition coefficient (Wildman–Crippen LogP) is 1.00. The quantitative estimate of drug-likeness (QED) is 0.881. The molecule has 1 saturated heterocycles. The van der Waals surface area contributed by atoms with Gasteiger partial charge >= 0.3 is 6.61 Å². The van der Waals surface area contributed by atoms with Crippen molar-refractivity contribution in [3.63, 3.8) is 0 Å². The summed E-state index contributed by atoms with van der Waals surface area (Å²) < 4.78 is 28.4. The monoisotopic (exact) mass is 299 g/mol. The topological polar surface area (TPSA) is 58.8 Å². The Morgan fingerprint density at radius 2 is 1.81 bits per heavy atom. The van der Waals surface area contributed by atoms with Crippen LogP contribution in [0.4, 0.5) is 8.78 Å². The first-order valence-electron chi connectivity index (χ1n) is 6.86. The number of hydrogen-bond acceptors (Lipinski definition) is 4. The maximum atomic E-state index is 12.3. The van der Waals surface area contributed by atoms with Crippen molar-refractivity contribution < 1.29 is 18.3 Å². The molecule has 1 aliphatic rings. The predicted molar refractivity (Wildman–Crippen MR) is 74.5 cm³/mol. The van der Waals surface area contributed by atoms with E-state index in [4.69, 9.17) is 5.73 Å². The van der Waals surface area contributed by atoms with Crippen LogP contribution < -0.4 is 10.5 Å². The summed E-state index contributed by atoms with van der Waals surface area (Å²) >= 11 is 0. The molecule has 2 rings (SSSR count). The third-order valence-electron chi connectivity index (χ3n) is 3.43. The maximum Gasteiger partial charge on any atom is 0.387 e. The van der Waals surface area contributed by atoms with Gasteiger partial charge in [-0.05, 0) is 24.3 Å². The Balaban J connectivity index is 1.91. The molecule has 1 aliphatic heterocycles. The number of carbonyl (C=O) groups excluding carboxylic acids is 1. The van der Waals surface area contributed by atoms with Gasteiger partial charge in [-0.15, -0.1) is 0 Å². The molecule has 1 heterocycles. The Morgan fingerprint density at radius 1 is 1.19 bits per heavy atom. The van der Waals surface area contributed by atoms with Gasteiger partial charge in [0.15, 0.2) is 0 Å². The summed E-state index contributed by atoms with van der Waals surface area (Å²) in [7, 11) is 0. The third kappa shape index (κ3) is 4.37. The Kier molecular flexibility index (Phi) is 5.46. The van der Waals surface area contributed by atoms with Crippen LogP contribution in [0.25, 0.3) is 0 Å². The second-order valence-corrected chi connectivity index (χ2v) is 4.83. The lowest BCUT2D eigenvalue weighted by Crippen LogP contribution is -2.49. The second kappa shape index (κ2) is 7.33. The molecule has 1 fully saturated rings. The van der Waals surface area contributed by atoms with Gasteiger partial charge in [0.1, 0.15) is 5.75 Å². The molecule has 0 saturated carbocycles. The van der Waals surface area contributed by atoms with Crippen LogP contribution in [0.5, 0.6) is 5.75 Å². The van der Waals surface area contributed by atoms with Crippen molar-refractivity contribution in [3.05, 3.63) is 29.8 Å². The standard InChI is InChI=1S/C14H19F2N3O2/c15-14(16)21-12-3-1-11(2-4-12)13(20)19-9-7-18(6-5-17)8-10-19/h1-4,14H,5-10,17H2. The molecule has 0 unspecified atom stereocenters. The minimum atomic E-state index is -2.86. The molecule has 1 aromatic rings. The molecule has 0 bridgehead atoms. The van der Waals surface area contributed by atoms with Crippen molar-refractivity contribution in [2.24, 2.45) is 5.73 Å². The van der Waals surface area contributed by atoms with E-state index in [9.17, 15) is 13.6 Å². The Hall–Kier alpha value is -1.73. The average molecular weight is 299 g/mol.